The molecule has 9 heteroatoms. The first-order valence-electron chi connectivity index (χ1n) is 9.88. The molecule has 7 nitrogen and oxygen atoms in total. The maximum Gasteiger partial charge on any atom is 0.340 e. The zero-order valence-corrected chi connectivity index (χ0v) is 18.9. The average molecular weight is 466 g/mol. The Kier molecular flexibility index (Phi) is 7.48. The predicted molar refractivity (Wildman–Crippen MR) is 116 cm³/mol. The number of nitrogens with zero attached hydrogens (tertiary/aromatic N) is 1. The monoisotopic (exact) mass is 465 g/mol. The van der Waals surface area contributed by atoms with Gasteiger partial charge in [-0.05, 0) is 29.7 Å². The molecule has 0 aliphatic carbocycles. The Labute approximate surface area is 187 Å². The molecule has 1 saturated heterocycles. The number of esters is 1. The van der Waals surface area contributed by atoms with E-state index in [0.29, 0.717) is 24.7 Å². The zero-order valence-electron chi connectivity index (χ0n) is 17.3. The van der Waals surface area contributed by atoms with Crippen LogP contribution in [0.4, 0.5) is 0 Å². The highest BCUT2D eigenvalue weighted by atomic mass is 35.5. The SMILES string of the molecule is CC(C)c1ccc(C(=O)COC(=O)c2cc(S(=O)(=O)N3CCOCC3)ccc2Cl)cc1. The first-order valence-corrected chi connectivity index (χ1v) is 11.7. The molecule has 0 amide bonds. The smallest absolute Gasteiger partial charge is 0.340 e. The van der Waals surface area contributed by atoms with Gasteiger partial charge in [-0.3, -0.25) is 4.79 Å². The molecule has 0 bridgehead atoms. The third-order valence-corrected chi connectivity index (χ3v) is 7.22. The molecule has 1 aliphatic rings. The fraction of sp³-hybridized carbons (Fsp3) is 0.364. The largest absolute Gasteiger partial charge is 0.454 e. The van der Waals surface area contributed by atoms with E-state index in [1.165, 1.54) is 22.5 Å². The molecule has 1 heterocycles. The molecule has 0 spiro atoms. The number of morpholine rings is 1. The first-order chi connectivity index (χ1) is 14.7. The van der Waals surface area contributed by atoms with Crippen molar-refractivity contribution >= 4 is 33.4 Å². The number of hydrogen-bond acceptors (Lipinski definition) is 6. The molecule has 166 valence electrons. The van der Waals surface area contributed by atoms with Gasteiger partial charge in [0.2, 0.25) is 10.0 Å². The van der Waals surface area contributed by atoms with Gasteiger partial charge in [0, 0.05) is 18.7 Å². The third kappa shape index (κ3) is 5.51. The van der Waals surface area contributed by atoms with Crippen LogP contribution in [0.25, 0.3) is 0 Å². The van der Waals surface area contributed by atoms with E-state index in [0.717, 1.165) is 5.56 Å². The summed E-state index contributed by atoms with van der Waals surface area (Å²) < 4.78 is 37.2. The molecular formula is C22H24ClNO6S. The van der Waals surface area contributed by atoms with Crippen LogP contribution in [0, 0.1) is 0 Å². The Morgan fingerprint density at radius 1 is 1.10 bits per heavy atom. The molecule has 1 aliphatic heterocycles. The number of ether oxygens (including phenoxy) is 2. The summed E-state index contributed by atoms with van der Waals surface area (Å²) in [6, 6.07) is 10.9. The van der Waals surface area contributed by atoms with E-state index in [4.69, 9.17) is 21.1 Å². The summed E-state index contributed by atoms with van der Waals surface area (Å²) in [5, 5.41) is 0.0414. The van der Waals surface area contributed by atoms with E-state index in [1.54, 1.807) is 12.1 Å². The van der Waals surface area contributed by atoms with E-state index in [-0.39, 0.29) is 34.4 Å². The fourth-order valence-electron chi connectivity index (χ4n) is 3.10. The minimum absolute atomic E-state index is 0.0414. The molecule has 0 unspecified atom stereocenters. The Bertz CT molecular complexity index is 1060. The van der Waals surface area contributed by atoms with Gasteiger partial charge < -0.3 is 9.47 Å². The maximum atomic E-state index is 12.8. The van der Waals surface area contributed by atoms with Gasteiger partial charge in [-0.25, -0.2) is 13.2 Å². The van der Waals surface area contributed by atoms with E-state index in [1.807, 2.05) is 12.1 Å². The lowest BCUT2D eigenvalue weighted by Crippen LogP contribution is -2.40. The Morgan fingerprint density at radius 2 is 1.74 bits per heavy atom. The normalized spacial score (nSPS) is 15.1. The molecule has 31 heavy (non-hydrogen) atoms. The average Bonchev–Trinajstić information content (AvgIpc) is 2.78. The van der Waals surface area contributed by atoms with Crippen molar-refractivity contribution in [2.75, 3.05) is 32.9 Å². The number of sulfonamides is 1. The molecule has 2 aromatic carbocycles. The number of carbonyl (C=O) groups excluding carboxylic acids is 2. The molecule has 2 aromatic rings. The zero-order chi connectivity index (χ0) is 22.6. The van der Waals surface area contributed by atoms with Crippen LogP contribution in [0.2, 0.25) is 5.02 Å². The standard InChI is InChI=1S/C22H24ClNO6S/c1-15(2)16-3-5-17(6-4-16)21(25)14-30-22(26)19-13-18(7-8-20(19)23)31(27,28)24-9-11-29-12-10-24/h3-8,13,15H,9-12,14H2,1-2H3. The summed E-state index contributed by atoms with van der Waals surface area (Å²) in [5.41, 5.74) is 1.41. The van der Waals surface area contributed by atoms with Crippen molar-refractivity contribution < 1.29 is 27.5 Å². The molecule has 0 N–H and O–H groups in total. The highest BCUT2D eigenvalue weighted by Crippen LogP contribution is 2.24. The lowest BCUT2D eigenvalue weighted by Gasteiger charge is -2.26. The highest BCUT2D eigenvalue weighted by Gasteiger charge is 2.28. The molecule has 3 rings (SSSR count). The third-order valence-electron chi connectivity index (χ3n) is 5.00. The number of Topliss-reactive ketones (excluding diaryl/α,β-unsaturated/α-hetero) is 1. The lowest BCUT2D eigenvalue weighted by molar-refractivity contribution is 0.0474. The molecule has 0 saturated carbocycles. The minimum Gasteiger partial charge on any atom is -0.454 e. The number of rotatable bonds is 7. The molecule has 0 radical (unpaired) electrons. The summed E-state index contributed by atoms with van der Waals surface area (Å²) in [5.74, 6) is -0.891. The number of carbonyl (C=O) groups is 2. The van der Waals surface area contributed by atoms with Crippen molar-refractivity contribution in [2.24, 2.45) is 0 Å². The number of hydrogen-bond donors (Lipinski definition) is 0. The summed E-state index contributed by atoms with van der Waals surface area (Å²) in [7, 11) is -3.80. The second-order valence-corrected chi connectivity index (χ2v) is 9.78. The predicted octanol–water partition coefficient (Wildman–Crippen LogP) is 3.52. The van der Waals surface area contributed by atoms with Gasteiger partial charge >= 0.3 is 5.97 Å². The second-order valence-electron chi connectivity index (χ2n) is 7.43. The van der Waals surface area contributed by atoms with Crippen LogP contribution in [0.1, 0.15) is 46.0 Å². The van der Waals surface area contributed by atoms with Crippen LogP contribution in [0.3, 0.4) is 0 Å². The van der Waals surface area contributed by atoms with Crippen LogP contribution in [0.5, 0.6) is 0 Å². The molecule has 1 fully saturated rings. The Balaban J connectivity index is 1.71. The van der Waals surface area contributed by atoms with Crippen molar-refractivity contribution in [3.63, 3.8) is 0 Å². The molecule has 0 aromatic heterocycles. The van der Waals surface area contributed by atoms with E-state index >= 15 is 0 Å². The molecular weight excluding hydrogens is 442 g/mol. The van der Waals surface area contributed by atoms with Crippen LogP contribution in [0.15, 0.2) is 47.4 Å². The minimum atomic E-state index is -3.80. The van der Waals surface area contributed by atoms with Crippen molar-refractivity contribution in [3.8, 4) is 0 Å². The molecule has 0 atom stereocenters. The van der Waals surface area contributed by atoms with Gasteiger partial charge in [-0.15, -0.1) is 0 Å². The van der Waals surface area contributed by atoms with Crippen LogP contribution < -0.4 is 0 Å². The summed E-state index contributed by atoms with van der Waals surface area (Å²) in [4.78, 5) is 24.8. The van der Waals surface area contributed by atoms with E-state index in [9.17, 15) is 18.0 Å². The van der Waals surface area contributed by atoms with Crippen molar-refractivity contribution in [1.29, 1.82) is 0 Å². The van der Waals surface area contributed by atoms with Crippen LogP contribution in [-0.2, 0) is 19.5 Å². The van der Waals surface area contributed by atoms with Gasteiger partial charge in [-0.2, -0.15) is 4.31 Å². The van der Waals surface area contributed by atoms with Crippen LogP contribution in [-0.4, -0.2) is 57.4 Å². The van der Waals surface area contributed by atoms with Crippen molar-refractivity contribution in [2.45, 2.75) is 24.7 Å². The number of ketones is 1. The van der Waals surface area contributed by atoms with Gasteiger partial charge in [0.1, 0.15) is 0 Å². The van der Waals surface area contributed by atoms with Gasteiger partial charge in [0.25, 0.3) is 0 Å². The number of halogens is 1. The van der Waals surface area contributed by atoms with Gasteiger partial charge in [-0.1, -0.05) is 49.7 Å². The van der Waals surface area contributed by atoms with Crippen LogP contribution >= 0.6 is 11.6 Å². The van der Waals surface area contributed by atoms with E-state index < -0.39 is 22.6 Å². The fourth-order valence-corrected chi connectivity index (χ4v) is 4.73. The highest BCUT2D eigenvalue weighted by molar-refractivity contribution is 7.89. The lowest BCUT2D eigenvalue weighted by atomic mass is 10.0. The van der Waals surface area contributed by atoms with Gasteiger partial charge in [0.05, 0.1) is 28.7 Å². The van der Waals surface area contributed by atoms with Gasteiger partial charge in [0.15, 0.2) is 12.4 Å². The Hall–Kier alpha value is -2.26. The van der Waals surface area contributed by atoms with Crippen molar-refractivity contribution in [3.05, 3.63) is 64.2 Å². The van der Waals surface area contributed by atoms with E-state index in [2.05, 4.69) is 13.8 Å². The topological polar surface area (TPSA) is 90.0 Å². The van der Waals surface area contributed by atoms with Crippen molar-refractivity contribution in [1.82, 2.24) is 4.31 Å². The quantitative estimate of drug-likeness (QED) is 0.459. The summed E-state index contributed by atoms with van der Waals surface area (Å²) in [6.45, 7) is 4.70. The maximum absolute atomic E-state index is 12.8. The second kappa shape index (κ2) is 9.91. The first kappa shape index (κ1) is 23.4. The Morgan fingerprint density at radius 3 is 2.35 bits per heavy atom. The summed E-state index contributed by atoms with van der Waals surface area (Å²) >= 11 is 6.09. The number of benzene rings is 2. The summed E-state index contributed by atoms with van der Waals surface area (Å²) in [6.07, 6.45) is 0.